The monoisotopic (exact) mass is 502 g/mol. The number of rotatable bonds is 6. The molecule has 38 heavy (non-hydrogen) atoms. The van der Waals surface area contributed by atoms with Gasteiger partial charge in [-0.05, 0) is 11.1 Å². The zero-order chi connectivity index (χ0) is 25.3. The summed E-state index contributed by atoms with van der Waals surface area (Å²) >= 11 is 0. The number of fused-ring (bicyclic) bond motifs is 2. The van der Waals surface area contributed by atoms with Crippen molar-refractivity contribution in [2.45, 2.75) is 13.1 Å². The highest BCUT2D eigenvalue weighted by atomic mass is 15.5. The van der Waals surface area contributed by atoms with Crippen LogP contribution in [-0.2, 0) is 13.1 Å². The molecule has 0 spiro atoms. The molecule has 0 saturated heterocycles. The molecule has 6 aromatic rings. The van der Waals surface area contributed by atoms with Gasteiger partial charge in [-0.15, -0.1) is 20.4 Å². The SMILES string of the molecule is c1ccc(Cn2nc3c(n2)C(=Nn2cnnc2)c2nn(Cc4ccccc4)nc2C3=Nn2cnnc2)cc1. The first-order valence-electron chi connectivity index (χ1n) is 11.7. The molecule has 0 aliphatic heterocycles. The Labute approximate surface area is 214 Å². The van der Waals surface area contributed by atoms with E-state index in [-0.39, 0.29) is 0 Å². The Morgan fingerprint density at radius 3 is 1.16 bits per heavy atom. The third-order valence-corrected chi connectivity index (χ3v) is 5.79. The molecule has 0 bridgehead atoms. The summed E-state index contributed by atoms with van der Waals surface area (Å²) in [6.45, 7) is 0.930. The van der Waals surface area contributed by atoms with E-state index in [1.807, 2.05) is 60.7 Å². The van der Waals surface area contributed by atoms with Crippen LogP contribution in [0.4, 0.5) is 0 Å². The second-order valence-corrected chi connectivity index (χ2v) is 8.41. The average Bonchev–Trinajstić information content (AvgIpc) is 3.75. The number of hydrogen-bond donors (Lipinski definition) is 0. The first kappa shape index (κ1) is 21.6. The van der Waals surface area contributed by atoms with Gasteiger partial charge in [0.25, 0.3) is 0 Å². The van der Waals surface area contributed by atoms with Gasteiger partial charge < -0.3 is 0 Å². The smallest absolute Gasteiger partial charge is 0.145 e. The van der Waals surface area contributed by atoms with Crippen molar-refractivity contribution in [1.82, 2.24) is 59.7 Å². The van der Waals surface area contributed by atoms with Crippen LogP contribution < -0.4 is 0 Å². The predicted molar refractivity (Wildman–Crippen MR) is 133 cm³/mol. The molecule has 2 aromatic carbocycles. The van der Waals surface area contributed by atoms with Gasteiger partial charge in [-0.3, -0.25) is 0 Å². The lowest BCUT2D eigenvalue weighted by atomic mass is 9.98. The van der Waals surface area contributed by atoms with Gasteiger partial charge in [0.1, 0.15) is 59.5 Å². The van der Waals surface area contributed by atoms with Crippen LogP contribution in [0.3, 0.4) is 0 Å². The first-order chi connectivity index (χ1) is 18.8. The van der Waals surface area contributed by atoms with Gasteiger partial charge in [0.2, 0.25) is 0 Å². The lowest BCUT2D eigenvalue weighted by molar-refractivity contribution is 0.585. The van der Waals surface area contributed by atoms with Gasteiger partial charge in [0.05, 0.1) is 13.1 Å². The van der Waals surface area contributed by atoms with Crippen LogP contribution in [-0.4, -0.2) is 71.2 Å². The standard InChI is InChI=1S/C24H18N14/c1-3-7-17(8-4-1)11-37-31-21-19(29-35-13-25-26-14-35)23-24(20(22(21)32-37)30-36-15-27-28-16-36)34-38(33-23)12-18-9-5-2-6-10-18/h1-10,13-16H,11-12H2. The van der Waals surface area contributed by atoms with E-state index < -0.39 is 0 Å². The van der Waals surface area contributed by atoms with E-state index in [1.165, 1.54) is 34.7 Å². The van der Waals surface area contributed by atoms with Crippen LogP contribution in [0.2, 0.25) is 0 Å². The van der Waals surface area contributed by atoms with Crippen LogP contribution in [0.5, 0.6) is 0 Å². The van der Waals surface area contributed by atoms with Crippen LogP contribution >= 0.6 is 0 Å². The maximum atomic E-state index is 4.80. The Kier molecular flexibility index (Phi) is 5.17. The van der Waals surface area contributed by atoms with E-state index in [9.17, 15) is 0 Å². The van der Waals surface area contributed by atoms with Crippen LogP contribution in [0.25, 0.3) is 0 Å². The fraction of sp³-hybridized carbons (Fsp3) is 0.0833. The van der Waals surface area contributed by atoms with Gasteiger partial charge in [-0.2, -0.15) is 40.2 Å². The molecular weight excluding hydrogens is 484 g/mol. The molecule has 0 amide bonds. The third kappa shape index (κ3) is 4.05. The van der Waals surface area contributed by atoms with E-state index >= 15 is 0 Å². The molecule has 1 aliphatic carbocycles. The zero-order valence-corrected chi connectivity index (χ0v) is 19.8. The summed E-state index contributed by atoms with van der Waals surface area (Å²) in [7, 11) is 0. The Bertz CT molecular complexity index is 1560. The minimum absolute atomic E-state index is 0.465. The number of nitrogens with zero attached hydrogens (tertiary/aromatic N) is 14. The number of benzene rings is 2. The Balaban J connectivity index is 1.40. The molecule has 0 radical (unpaired) electrons. The molecule has 14 nitrogen and oxygen atoms in total. The van der Waals surface area contributed by atoms with Gasteiger partial charge >= 0.3 is 0 Å². The third-order valence-electron chi connectivity index (χ3n) is 5.79. The first-order valence-corrected chi connectivity index (χ1v) is 11.7. The Morgan fingerprint density at radius 1 is 0.474 bits per heavy atom. The number of hydrogen-bond acceptors (Lipinski definition) is 10. The Hall–Kier alpha value is -5.66. The Morgan fingerprint density at radius 2 is 0.816 bits per heavy atom. The second-order valence-electron chi connectivity index (χ2n) is 8.41. The molecule has 184 valence electrons. The highest BCUT2D eigenvalue weighted by molar-refractivity contribution is 6.28. The molecule has 0 fully saturated rings. The van der Waals surface area contributed by atoms with Crippen molar-refractivity contribution in [3.63, 3.8) is 0 Å². The van der Waals surface area contributed by atoms with Crippen LogP contribution in [0.1, 0.15) is 33.9 Å². The topological polar surface area (TPSA) is 148 Å². The van der Waals surface area contributed by atoms with Crippen molar-refractivity contribution < 1.29 is 0 Å². The average molecular weight is 503 g/mol. The summed E-state index contributed by atoms with van der Waals surface area (Å²) in [6, 6.07) is 19.9. The van der Waals surface area contributed by atoms with E-state index in [2.05, 4.69) is 20.4 Å². The molecule has 4 aromatic heterocycles. The lowest BCUT2D eigenvalue weighted by Gasteiger charge is -2.11. The van der Waals surface area contributed by atoms with E-state index in [4.69, 9.17) is 30.6 Å². The molecule has 0 saturated carbocycles. The van der Waals surface area contributed by atoms with Crippen molar-refractivity contribution in [2.75, 3.05) is 0 Å². The number of aromatic nitrogens is 12. The molecule has 14 heteroatoms. The molecule has 0 unspecified atom stereocenters. The minimum atomic E-state index is 0.465. The summed E-state index contributed by atoms with van der Waals surface area (Å²) in [5.74, 6) is 0. The van der Waals surface area contributed by atoms with Crippen molar-refractivity contribution in [3.8, 4) is 0 Å². The molecule has 0 N–H and O–H groups in total. The molecule has 0 atom stereocenters. The molecule has 7 rings (SSSR count). The second kappa shape index (κ2) is 9.09. The quantitative estimate of drug-likeness (QED) is 0.328. The van der Waals surface area contributed by atoms with E-state index in [1.54, 1.807) is 9.59 Å². The molecule has 4 heterocycles. The van der Waals surface area contributed by atoms with Crippen LogP contribution in [0, 0.1) is 0 Å². The van der Waals surface area contributed by atoms with Gasteiger partial charge in [-0.1, -0.05) is 60.7 Å². The highest BCUT2D eigenvalue weighted by Gasteiger charge is 2.37. The molecule has 1 aliphatic rings. The largest absolute Gasteiger partial charge is 0.207 e. The predicted octanol–water partition coefficient (Wildman–Crippen LogP) is 1.06. The molecular formula is C24H18N14. The van der Waals surface area contributed by atoms with Crippen molar-refractivity contribution in [1.29, 1.82) is 0 Å². The minimum Gasteiger partial charge on any atom is -0.207 e. The normalized spacial score (nSPS) is 12.3. The fourth-order valence-corrected chi connectivity index (χ4v) is 4.11. The van der Waals surface area contributed by atoms with Crippen molar-refractivity contribution in [3.05, 3.63) is 120 Å². The maximum absolute atomic E-state index is 4.80. The summed E-state index contributed by atoms with van der Waals surface area (Å²) in [6.07, 6.45) is 5.98. The van der Waals surface area contributed by atoms with Crippen molar-refractivity contribution >= 4 is 11.4 Å². The summed E-state index contributed by atoms with van der Waals surface area (Å²) in [5.41, 5.74) is 5.13. The lowest BCUT2D eigenvalue weighted by Crippen LogP contribution is -2.24. The van der Waals surface area contributed by atoms with Gasteiger partial charge in [0, 0.05) is 0 Å². The van der Waals surface area contributed by atoms with Gasteiger partial charge in [0.15, 0.2) is 0 Å². The van der Waals surface area contributed by atoms with Gasteiger partial charge in [-0.25, -0.2) is 9.35 Å². The fourth-order valence-electron chi connectivity index (χ4n) is 4.11. The summed E-state index contributed by atoms with van der Waals surface area (Å²) in [4.78, 5) is 3.24. The van der Waals surface area contributed by atoms with E-state index in [0.717, 1.165) is 11.1 Å². The highest BCUT2D eigenvalue weighted by Crippen LogP contribution is 2.25. The summed E-state index contributed by atoms with van der Waals surface area (Å²) in [5, 5.41) is 44.1. The van der Waals surface area contributed by atoms with Crippen molar-refractivity contribution in [2.24, 2.45) is 10.2 Å². The zero-order valence-electron chi connectivity index (χ0n) is 19.8. The van der Waals surface area contributed by atoms with E-state index in [0.29, 0.717) is 47.3 Å². The maximum Gasteiger partial charge on any atom is 0.145 e. The van der Waals surface area contributed by atoms with Crippen LogP contribution in [0.15, 0.2) is 96.2 Å². The summed E-state index contributed by atoms with van der Waals surface area (Å²) < 4.78 is 2.99.